The Morgan fingerprint density at radius 1 is 1.05 bits per heavy atom. The normalized spacial score (nSPS) is 12.1. The summed E-state index contributed by atoms with van der Waals surface area (Å²) in [6, 6.07) is 19.1. The fraction of sp³-hybridized carbons (Fsp3) is 0.207. The Kier molecular flexibility index (Phi) is 8.61. The van der Waals surface area contributed by atoms with E-state index in [1.807, 2.05) is 49.4 Å². The summed E-state index contributed by atoms with van der Waals surface area (Å²) in [6.07, 6.45) is -2.32. The van der Waals surface area contributed by atoms with Crippen LogP contribution < -0.4 is 4.74 Å². The van der Waals surface area contributed by atoms with Crippen molar-refractivity contribution in [3.05, 3.63) is 100 Å². The molecule has 0 fully saturated rings. The van der Waals surface area contributed by atoms with Crippen LogP contribution in [0, 0.1) is 6.92 Å². The van der Waals surface area contributed by atoms with E-state index in [1.165, 1.54) is 12.1 Å². The van der Waals surface area contributed by atoms with Gasteiger partial charge in [0.1, 0.15) is 5.75 Å². The van der Waals surface area contributed by atoms with Crippen LogP contribution in [-0.4, -0.2) is 24.9 Å². The van der Waals surface area contributed by atoms with Crippen LogP contribution >= 0.6 is 23.1 Å². The second-order valence-corrected chi connectivity index (χ2v) is 10.2. The second kappa shape index (κ2) is 11.9. The molecule has 0 aliphatic heterocycles. The van der Waals surface area contributed by atoms with Gasteiger partial charge in [0.25, 0.3) is 0 Å². The van der Waals surface area contributed by atoms with E-state index < -0.39 is 17.7 Å². The predicted molar refractivity (Wildman–Crippen MR) is 144 cm³/mol. The molecule has 0 N–H and O–H groups in total. The van der Waals surface area contributed by atoms with Crippen LogP contribution in [0.3, 0.4) is 0 Å². The number of thiophene rings is 1. The third kappa shape index (κ3) is 6.76. The lowest BCUT2D eigenvalue weighted by molar-refractivity contribution is -0.145. The summed E-state index contributed by atoms with van der Waals surface area (Å²) in [5, 5.41) is 3.13. The van der Waals surface area contributed by atoms with Gasteiger partial charge in [-0.25, -0.2) is 4.79 Å². The number of ether oxygens (including phenoxy) is 2. The summed E-state index contributed by atoms with van der Waals surface area (Å²) in [7, 11) is 0. The zero-order valence-corrected chi connectivity index (χ0v) is 21.9. The second-order valence-electron chi connectivity index (χ2n) is 8.17. The van der Waals surface area contributed by atoms with Crippen molar-refractivity contribution in [2.75, 3.05) is 19.0 Å². The monoisotopic (exact) mass is 542 g/mol. The minimum absolute atomic E-state index is 0.144. The van der Waals surface area contributed by atoms with Crippen molar-refractivity contribution in [2.24, 2.45) is 0 Å². The van der Waals surface area contributed by atoms with Gasteiger partial charge in [0.2, 0.25) is 0 Å². The minimum atomic E-state index is -4.38. The number of hydrogen-bond acceptors (Lipinski definition) is 5. The number of hydrogen-bond donors (Lipinski definition) is 0. The zero-order chi connectivity index (χ0) is 26.4. The molecule has 0 spiro atoms. The Hall–Kier alpha value is -3.23. The molecular weight excluding hydrogens is 517 g/mol. The SMILES string of the molecule is CCOC(=O)COc1ccc(SC/C=C(/c2ccc(C(F)(F)F)cc2)c2csc3ccccc23)cc1C. The number of esters is 1. The Labute approximate surface area is 221 Å². The smallest absolute Gasteiger partial charge is 0.416 e. The number of aryl methyl sites for hydroxylation is 1. The molecule has 0 atom stereocenters. The number of fused-ring (bicyclic) bond motifs is 1. The van der Waals surface area contributed by atoms with Crippen molar-refractivity contribution in [3.63, 3.8) is 0 Å². The Balaban J connectivity index is 1.56. The molecule has 37 heavy (non-hydrogen) atoms. The number of halogens is 3. The lowest BCUT2D eigenvalue weighted by atomic mass is 9.96. The van der Waals surface area contributed by atoms with Crippen LogP contribution in [0.15, 0.2) is 83.1 Å². The average molecular weight is 543 g/mol. The average Bonchev–Trinajstić information content (AvgIpc) is 3.30. The van der Waals surface area contributed by atoms with Crippen LogP contribution in [0.2, 0.25) is 0 Å². The van der Waals surface area contributed by atoms with E-state index in [2.05, 4.69) is 11.5 Å². The lowest BCUT2D eigenvalue weighted by Gasteiger charge is -2.12. The third-order valence-electron chi connectivity index (χ3n) is 5.63. The van der Waals surface area contributed by atoms with Crippen LogP contribution in [-0.2, 0) is 15.7 Å². The zero-order valence-electron chi connectivity index (χ0n) is 20.3. The Morgan fingerprint density at radius 2 is 1.81 bits per heavy atom. The van der Waals surface area contributed by atoms with Crippen LogP contribution in [0.4, 0.5) is 13.2 Å². The quantitative estimate of drug-likeness (QED) is 0.157. The van der Waals surface area contributed by atoms with Gasteiger partial charge in [0, 0.05) is 26.3 Å². The molecule has 1 aromatic heterocycles. The van der Waals surface area contributed by atoms with Crippen molar-refractivity contribution in [3.8, 4) is 5.75 Å². The number of carbonyl (C=O) groups is 1. The highest BCUT2D eigenvalue weighted by Gasteiger charge is 2.30. The molecule has 4 aromatic rings. The molecule has 0 aliphatic carbocycles. The van der Waals surface area contributed by atoms with Crippen molar-refractivity contribution in [1.29, 1.82) is 0 Å². The summed E-state index contributed by atoms with van der Waals surface area (Å²) in [5.74, 6) is 0.814. The molecule has 0 radical (unpaired) electrons. The first kappa shape index (κ1) is 26.8. The van der Waals surface area contributed by atoms with Gasteiger partial charge < -0.3 is 9.47 Å². The Morgan fingerprint density at radius 3 is 2.51 bits per heavy atom. The highest BCUT2D eigenvalue weighted by atomic mass is 32.2. The van der Waals surface area contributed by atoms with E-state index in [0.29, 0.717) is 18.1 Å². The molecule has 192 valence electrons. The molecule has 1 heterocycles. The van der Waals surface area contributed by atoms with Crippen molar-refractivity contribution >= 4 is 44.7 Å². The molecule has 0 aliphatic rings. The molecular formula is C29H25F3O3S2. The van der Waals surface area contributed by atoms with Crippen LogP contribution in [0.25, 0.3) is 15.7 Å². The topological polar surface area (TPSA) is 35.5 Å². The van der Waals surface area contributed by atoms with E-state index in [-0.39, 0.29) is 6.61 Å². The van der Waals surface area contributed by atoms with Crippen LogP contribution in [0.1, 0.15) is 29.2 Å². The van der Waals surface area contributed by atoms with Crippen LogP contribution in [0.5, 0.6) is 5.75 Å². The van der Waals surface area contributed by atoms with E-state index in [9.17, 15) is 18.0 Å². The minimum Gasteiger partial charge on any atom is -0.482 e. The maximum Gasteiger partial charge on any atom is 0.416 e. The largest absolute Gasteiger partial charge is 0.482 e. The molecule has 0 bridgehead atoms. The van der Waals surface area contributed by atoms with Gasteiger partial charge in [0.15, 0.2) is 6.61 Å². The van der Waals surface area contributed by atoms with Crippen molar-refractivity contribution in [1.82, 2.24) is 0 Å². The molecule has 0 unspecified atom stereocenters. The molecule has 3 aromatic carbocycles. The van der Waals surface area contributed by atoms with E-state index in [1.54, 1.807) is 30.0 Å². The predicted octanol–water partition coefficient (Wildman–Crippen LogP) is 8.39. The first-order chi connectivity index (χ1) is 17.8. The van der Waals surface area contributed by atoms with Gasteiger partial charge in [-0.15, -0.1) is 23.1 Å². The van der Waals surface area contributed by atoms with Gasteiger partial charge in [-0.1, -0.05) is 36.4 Å². The van der Waals surface area contributed by atoms with Crippen molar-refractivity contribution < 1.29 is 27.4 Å². The lowest BCUT2D eigenvalue weighted by Crippen LogP contribution is -2.14. The fourth-order valence-corrected chi connectivity index (χ4v) is 5.67. The molecule has 0 amide bonds. The summed E-state index contributed by atoms with van der Waals surface area (Å²) >= 11 is 3.22. The standard InChI is InChI=1S/C29H25F3O3S2/c1-3-34-28(33)17-35-26-13-12-22(16-19(26)2)36-15-14-23(20-8-10-21(11-9-20)29(30,31)32)25-18-37-27-7-5-4-6-24(25)27/h4-14,16,18H,3,15,17H2,1-2H3/b23-14-. The number of carbonyl (C=O) groups excluding carboxylic acids is 1. The Bertz CT molecular complexity index is 1410. The van der Waals surface area contributed by atoms with Crippen molar-refractivity contribution in [2.45, 2.75) is 24.9 Å². The number of alkyl halides is 3. The number of thioether (sulfide) groups is 1. The first-order valence-corrected chi connectivity index (χ1v) is 13.5. The molecule has 3 nitrogen and oxygen atoms in total. The van der Waals surface area contributed by atoms with E-state index >= 15 is 0 Å². The number of rotatable bonds is 9. The highest BCUT2D eigenvalue weighted by molar-refractivity contribution is 7.99. The maximum absolute atomic E-state index is 13.1. The van der Waals surface area contributed by atoms with Gasteiger partial charge in [-0.2, -0.15) is 13.2 Å². The number of benzene rings is 3. The van der Waals surface area contributed by atoms with Gasteiger partial charge in [-0.3, -0.25) is 0 Å². The van der Waals surface area contributed by atoms with E-state index in [0.717, 1.165) is 49.4 Å². The fourth-order valence-electron chi connectivity index (χ4n) is 3.84. The van der Waals surface area contributed by atoms with Gasteiger partial charge >= 0.3 is 12.1 Å². The highest BCUT2D eigenvalue weighted by Crippen LogP contribution is 2.37. The first-order valence-electron chi connectivity index (χ1n) is 11.6. The summed E-state index contributed by atoms with van der Waals surface area (Å²) in [5.41, 5.74) is 2.85. The molecule has 8 heteroatoms. The third-order valence-corrected chi connectivity index (χ3v) is 7.51. The van der Waals surface area contributed by atoms with Gasteiger partial charge in [-0.05, 0) is 72.3 Å². The van der Waals surface area contributed by atoms with E-state index in [4.69, 9.17) is 9.47 Å². The molecule has 4 rings (SSSR count). The summed E-state index contributed by atoms with van der Waals surface area (Å²) in [6.45, 7) is 3.81. The maximum atomic E-state index is 13.1. The molecule has 0 saturated heterocycles. The molecule has 0 saturated carbocycles. The summed E-state index contributed by atoms with van der Waals surface area (Å²) < 4.78 is 51.0. The van der Waals surface area contributed by atoms with Gasteiger partial charge in [0.05, 0.1) is 12.2 Å². The summed E-state index contributed by atoms with van der Waals surface area (Å²) in [4.78, 5) is 12.6.